The zero-order valence-corrected chi connectivity index (χ0v) is 10.8. The number of nitrogens with one attached hydrogen (secondary N) is 1. The molecule has 0 aliphatic carbocycles. The van der Waals surface area contributed by atoms with Crippen molar-refractivity contribution >= 4 is 28.9 Å². The number of hydrogen-bond donors (Lipinski definition) is 2. The number of nitrogens with two attached hydrogens (primary N) is 1. The molecule has 1 aromatic heterocycles. The van der Waals surface area contributed by atoms with Gasteiger partial charge in [0.05, 0.1) is 22.0 Å². The maximum absolute atomic E-state index is 12.0. The van der Waals surface area contributed by atoms with Crippen LogP contribution >= 0.6 is 11.6 Å². The molecule has 2 aromatic rings. The predicted octanol–water partition coefficient (Wildman–Crippen LogP) is 2.22. The first-order valence-electron chi connectivity index (χ1n) is 5.34. The Kier molecular flexibility index (Phi) is 3.25. The Hall–Kier alpha value is -2.01. The van der Waals surface area contributed by atoms with E-state index in [9.17, 15) is 4.79 Å². The molecule has 18 heavy (non-hydrogen) atoms. The van der Waals surface area contributed by atoms with E-state index in [1.165, 1.54) is 0 Å². The van der Waals surface area contributed by atoms with Gasteiger partial charge in [-0.05, 0) is 25.1 Å². The van der Waals surface area contributed by atoms with Crippen LogP contribution in [-0.2, 0) is 7.05 Å². The summed E-state index contributed by atoms with van der Waals surface area (Å²) >= 11 is 5.81. The molecule has 2 rings (SSSR count). The van der Waals surface area contributed by atoms with Gasteiger partial charge in [0.15, 0.2) is 0 Å². The molecule has 0 unspecified atom stereocenters. The van der Waals surface area contributed by atoms with Gasteiger partial charge < -0.3 is 11.1 Å². The second-order valence-corrected chi connectivity index (χ2v) is 4.40. The number of rotatable bonds is 2. The first-order valence-corrected chi connectivity index (χ1v) is 5.72. The average molecular weight is 265 g/mol. The van der Waals surface area contributed by atoms with E-state index >= 15 is 0 Å². The molecule has 1 aromatic carbocycles. The van der Waals surface area contributed by atoms with E-state index < -0.39 is 0 Å². The summed E-state index contributed by atoms with van der Waals surface area (Å²) in [6, 6.07) is 4.96. The standard InChI is InChI=1S/C12H13ClN4O/c1-7-9(6-17(2)16-7)12(18)15-8-3-4-10(13)11(14)5-8/h3-6H,14H2,1-2H3,(H,15,18). The van der Waals surface area contributed by atoms with Crippen molar-refractivity contribution in [2.24, 2.45) is 7.05 Å². The van der Waals surface area contributed by atoms with Crippen LogP contribution in [0.5, 0.6) is 0 Å². The fourth-order valence-electron chi connectivity index (χ4n) is 1.64. The molecule has 5 nitrogen and oxygen atoms in total. The maximum Gasteiger partial charge on any atom is 0.259 e. The van der Waals surface area contributed by atoms with Crippen LogP contribution < -0.4 is 11.1 Å². The number of hydrogen-bond acceptors (Lipinski definition) is 3. The van der Waals surface area contributed by atoms with Crippen molar-refractivity contribution in [3.8, 4) is 0 Å². The minimum absolute atomic E-state index is 0.220. The van der Waals surface area contributed by atoms with Crippen LogP contribution in [-0.4, -0.2) is 15.7 Å². The number of aryl methyl sites for hydroxylation is 2. The molecule has 0 atom stereocenters. The lowest BCUT2D eigenvalue weighted by Gasteiger charge is -2.06. The number of benzene rings is 1. The van der Waals surface area contributed by atoms with E-state index in [1.54, 1.807) is 43.0 Å². The highest BCUT2D eigenvalue weighted by atomic mass is 35.5. The van der Waals surface area contributed by atoms with Crippen molar-refractivity contribution < 1.29 is 4.79 Å². The number of amides is 1. The molecule has 0 bridgehead atoms. The Bertz CT molecular complexity index is 606. The van der Waals surface area contributed by atoms with Crippen LogP contribution in [0.1, 0.15) is 16.1 Å². The van der Waals surface area contributed by atoms with Gasteiger partial charge in [0.2, 0.25) is 0 Å². The first kappa shape index (κ1) is 12.4. The zero-order chi connectivity index (χ0) is 13.3. The molecule has 0 aliphatic rings. The van der Waals surface area contributed by atoms with Crippen molar-refractivity contribution in [2.75, 3.05) is 11.1 Å². The van der Waals surface area contributed by atoms with Crippen LogP contribution in [0, 0.1) is 6.92 Å². The highest BCUT2D eigenvalue weighted by Gasteiger charge is 2.12. The Labute approximate surface area is 110 Å². The summed E-state index contributed by atoms with van der Waals surface area (Å²) < 4.78 is 1.60. The van der Waals surface area contributed by atoms with E-state index in [-0.39, 0.29) is 5.91 Å². The van der Waals surface area contributed by atoms with Crippen LogP contribution in [0.3, 0.4) is 0 Å². The molecule has 0 spiro atoms. The first-order chi connectivity index (χ1) is 8.47. The quantitative estimate of drug-likeness (QED) is 0.817. The smallest absolute Gasteiger partial charge is 0.259 e. The molecule has 94 valence electrons. The van der Waals surface area contributed by atoms with E-state index in [2.05, 4.69) is 10.4 Å². The Morgan fingerprint density at radius 3 is 2.78 bits per heavy atom. The molecule has 0 saturated carbocycles. The fourth-order valence-corrected chi connectivity index (χ4v) is 1.76. The third-order valence-electron chi connectivity index (χ3n) is 2.51. The van der Waals surface area contributed by atoms with Crippen molar-refractivity contribution in [3.05, 3.63) is 40.7 Å². The Morgan fingerprint density at radius 2 is 2.22 bits per heavy atom. The second kappa shape index (κ2) is 4.70. The van der Waals surface area contributed by atoms with E-state index in [4.69, 9.17) is 17.3 Å². The summed E-state index contributed by atoms with van der Waals surface area (Å²) in [7, 11) is 1.77. The largest absolute Gasteiger partial charge is 0.397 e. The summed E-state index contributed by atoms with van der Waals surface area (Å²) in [5.74, 6) is -0.220. The van der Waals surface area contributed by atoms with E-state index in [0.717, 1.165) is 0 Å². The minimum Gasteiger partial charge on any atom is -0.397 e. The molecule has 0 saturated heterocycles. The van der Waals surface area contributed by atoms with Gasteiger partial charge in [-0.1, -0.05) is 11.6 Å². The highest BCUT2D eigenvalue weighted by molar-refractivity contribution is 6.33. The third kappa shape index (κ3) is 2.46. The van der Waals surface area contributed by atoms with Gasteiger partial charge in [0.1, 0.15) is 0 Å². The summed E-state index contributed by atoms with van der Waals surface area (Å²) in [6.07, 6.45) is 1.67. The number of anilines is 2. The van der Waals surface area contributed by atoms with Crippen molar-refractivity contribution in [1.29, 1.82) is 0 Å². The lowest BCUT2D eigenvalue weighted by Crippen LogP contribution is -2.12. The predicted molar refractivity (Wildman–Crippen MR) is 71.8 cm³/mol. The Balaban J connectivity index is 2.21. The normalized spacial score (nSPS) is 10.4. The molecular formula is C12H13ClN4O. The lowest BCUT2D eigenvalue weighted by atomic mass is 10.2. The molecule has 0 aliphatic heterocycles. The number of nitrogen functional groups attached to an aromatic ring is 1. The maximum atomic E-state index is 12.0. The summed E-state index contributed by atoms with van der Waals surface area (Å²) in [4.78, 5) is 12.0. The molecule has 3 N–H and O–H groups in total. The SMILES string of the molecule is Cc1nn(C)cc1C(=O)Nc1ccc(Cl)c(N)c1. The summed E-state index contributed by atoms with van der Waals surface area (Å²) in [5, 5.41) is 7.33. The zero-order valence-electron chi connectivity index (χ0n) is 10.1. The van der Waals surface area contributed by atoms with Crippen LogP contribution in [0.25, 0.3) is 0 Å². The van der Waals surface area contributed by atoms with Crippen molar-refractivity contribution in [1.82, 2.24) is 9.78 Å². The monoisotopic (exact) mass is 264 g/mol. The van der Waals surface area contributed by atoms with Gasteiger partial charge >= 0.3 is 0 Å². The van der Waals surface area contributed by atoms with Crippen LogP contribution in [0.15, 0.2) is 24.4 Å². The molecule has 1 amide bonds. The molecule has 0 fully saturated rings. The van der Waals surface area contributed by atoms with Gasteiger partial charge in [-0.3, -0.25) is 9.48 Å². The fraction of sp³-hybridized carbons (Fsp3) is 0.167. The molecular weight excluding hydrogens is 252 g/mol. The van der Waals surface area contributed by atoms with Crippen molar-refractivity contribution in [2.45, 2.75) is 6.92 Å². The number of nitrogens with zero attached hydrogens (tertiary/aromatic N) is 2. The van der Waals surface area contributed by atoms with E-state index in [0.29, 0.717) is 27.7 Å². The minimum atomic E-state index is -0.220. The van der Waals surface area contributed by atoms with Crippen molar-refractivity contribution in [3.63, 3.8) is 0 Å². The van der Waals surface area contributed by atoms with Gasteiger partial charge in [-0.25, -0.2) is 0 Å². The van der Waals surface area contributed by atoms with Crippen LogP contribution in [0.4, 0.5) is 11.4 Å². The number of halogens is 1. The molecule has 1 heterocycles. The number of aromatic nitrogens is 2. The van der Waals surface area contributed by atoms with Gasteiger partial charge in [0, 0.05) is 18.9 Å². The average Bonchev–Trinajstić information content (AvgIpc) is 2.63. The molecule has 6 heteroatoms. The topological polar surface area (TPSA) is 72.9 Å². The van der Waals surface area contributed by atoms with Crippen LogP contribution in [0.2, 0.25) is 5.02 Å². The summed E-state index contributed by atoms with van der Waals surface area (Å²) in [6.45, 7) is 1.78. The van der Waals surface area contributed by atoms with E-state index in [1.807, 2.05) is 0 Å². The summed E-state index contributed by atoms with van der Waals surface area (Å²) in [5.41, 5.74) is 7.91. The van der Waals surface area contributed by atoms with Gasteiger partial charge in [-0.2, -0.15) is 5.10 Å². The second-order valence-electron chi connectivity index (χ2n) is 3.99. The highest BCUT2D eigenvalue weighted by Crippen LogP contribution is 2.22. The number of carbonyl (C=O) groups excluding carboxylic acids is 1. The Morgan fingerprint density at radius 1 is 1.50 bits per heavy atom. The van der Waals surface area contributed by atoms with Gasteiger partial charge in [0.25, 0.3) is 5.91 Å². The third-order valence-corrected chi connectivity index (χ3v) is 2.86. The van der Waals surface area contributed by atoms with Gasteiger partial charge in [-0.15, -0.1) is 0 Å². The molecule has 0 radical (unpaired) electrons. The number of carbonyl (C=O) groups is 1. The lowest BCUT2D eigenvalue weighted by molar-refractivity contribution is 0.102.